The zero-order valence-corrected chi connectivity index (χ0v) is 11.9. The van der Waals surface area contributed by atoms with Gasteiger partial charge < -0.3 is 10.3 Å². The highest BCUT2D eigenvalue weighted by Gasteiger charge is 2.08. The Labute approximate surface area is 114 Å². The molecule has 0 saturated carbocycles. The first kappa shape index (κ1) is 13.4. The summed E-state index contributed by atoms with van der Waals surface area (Å²) in [4.78, 5) is 0. The molecule has 18 heavy (non-hydrogen) atoms. The van der Waals surface area contributed by atoms with Crippen LogP contribution in [-0.2, 0) is 13.0 Å². The average molecular weight is 265 g/mol. The third kappa shape index (κ3) is 2.88. The SMILES string of the molecule is CC(C)CCn1cc(CCN)c2ccc(Cl)cc21. The summed E-state index contributed by atoms with van der Waals surface area (Å²) in [6.45, 7) is 6.23. The Hall–Kier alpha value is -0.990. The van der Waals surface area contributed by atoms with Gasteiger partial charge in [0.25, 0.3) is 0 Å². The second-order valence-electron chi connectivity index (χ2n) is 5.23. The number of fused-ring (bicyclic) bond motifs is 1. The van der Waals surface area contributed by atoms with E-state index in [4.69, 9.17) is 17.3 Å². The van der Waals surface area contributed by atoms with E-state index in [0.717, 1.165) is 18.0 Å². The van der Waals surface area contributed by atoms with E-state index < -0.39 is 0 Å². The van der Waals surface area contributed by atoms with Crippen molar-refractivity contribution < 1.29 is 0 Å². The van der Waals surface area contributed by atoms with Gasteiger partial charge in [-0.1, -0.05) is 31.5 Å². The second kappa shape index (κ2) is 5.77. The number of hydrogen-bond donors (Lipinski definition) is 1. The van der Waals surface area contributed by atoms with Crippen LogP contribution in [0.3, 0.4) is 0 Å². The highest BCUT2D eigenvalue weighted by molar-refractivity contribution is 6.31. The van der Waals surface area contributed by atoms with E-state index in [0.29, 0.717) is 12.5 Å². The lowest BCUT2D eigenvalue weighted by atomic mass is 10.1. The van der Waals surface area contributed by atoms with E-state index in [1.165, 1.54) is 22.9 Å². The predicted molar refractivity (Wildman–Crippen MR) is 79.2 cm³/mol. The molecule has 0 unspecified atom stereocenters. The summed E-state index contributed by atoms with van der Waals surface area (Å²) in [6.07, 6.45) is 4.33. The average Bonchev–Trinajstić information content (AvgIpc) is 2.65. The topological polar surface area (TPSA) is 30.9 Å². The van der Waals surface area contributed by atoms with E-state index in [1.54, 1.807) is 0 Å². The van der Waals surface area contributed by atoms with Gasteiger partial charge in [0.1, 0.15) is 0 Å². The summed E-state index contributed by atoms with van der Waals surface area (Å²) in [5.74, 6) is 0.708. The minimum atomic E-state index is 0.686. The van der Waals surface area contributed by atoms with Crippen molar-refractivity contribution >= 4 is 22.5 Å². The highest BCUT2D eigenvalue weighted by Crippen LogP contribution is 2.25. The van der Waals surface area contributed by atoms with E-state index in [-0.39, 0.29) is 0 Å². The number of aromatic nitrogens is 1. The van der Waals surface area contributed by atoms with Gasteiger partial charge in [-0.2, -0.15) is 0 Å². The molecule has 0 aliphatic rings. The Kier molecular flexibility index (Phi) is 4.31. The number of nitrogens with two attached hydrogens (primary N) is 1. The molecule has 0 spiro atoms. The monoisotopic (exact) mass is 264 g/mol. The van der Waals surface area contributed by atoms with Crippen LogP contribution in [-0.4, -0.2) is 11.1 Å². The van der Waals surface area contributed by atoms with Gasteiger partial charge in [0.15, 0.2) is 0 Å². The molecule has 2 N–H and O–H groups in total. The molecule has 2 nitrogen and oxygen atoms in total. The van der Waals surface area contributed by atoms with Crippen molar-refractivity contribution in [1.82, 2.24) is 4.57 Å². The largest absolute Gasteiger partial charge is 0.347 e. The number of halogens is 1. The molecule has 98 valence electrons. The van der Waals surface area contributed by atoms with Crippen molar-refractivity contribution in [1.29, 1.82) is 0 Å². The van der Waals surface area contributed by atoms with E-state index >= 15 is 0 Å². The van der Waals surface area contributed by atoms with Gasteiger partial charge in [-0.25, -0.2) is 0 Å². The summed E-state index contributed by atoms with van der Waals surface area (Å²) in [5, 5.41) is 2.08. The molecule has 0 atom stereocenters. The minimum Gasteiger partial charge on any atom is -0.347 e. The normalized spacial score (nSPS) is 11.6. The summed E-state index contributed by atoms with van der Waals surface area (Å²) in [7, 11) is 0. The van der Waals surface area contributed by atoms with Gasteiger partial charge in [0, 0.05) is 28.7 Å². The smallest absolute Gasteiger partial charge is 0.0498 e. The van der Waals surface area contributed by atoms with Crippen LogP contribution in [0.5, 0.6) is 0 Å². The molecule has 3 heteroatoms. The molecule has 0 radical (unpaired) electrons. The zero-order valence-electron chi connectivity index (χ0n) is 11.1. The van der Waals surface area contributed by atoms with Crippen LogP contribution in [0.2, 0.25) is 5.02 Å². The Balaban J connectivity index is 2.41. The first-order valence-electron chi connectivity index (χ1n) is 6.59. The molecule has 0 bridgehead atoms. The van der Waals surface area contributed by atoms with Crippen molar-refractivity contribution in [3.63, 3.8) is 0 Å². The van der Waals surface area contributed by atoms with E-state index in [2.05, 4.69) is 36.7 Å². The maximum Gasteiger partial charge on any atom is 0.0498 e. The lowest BCUT2D eigenvalue weighted by Gasteiger charge is -2.07. The van der Waals surface area contributed by atoms with Gasteiger partial charge in [-0.05, 0) is 43.0 Å². The summed E-state index contributed by atoms with van der Waals surface area (Å²) in [5.41, 5.74) is 8.23. The van der Waals surface area contributed by atoms with Crippen molar-refractivity contribution in [2.24, 2.45) is 11.7 Å². The van der Waals surface area contributed by atoms with Gasteiger partial charge in [-0.3, -0.25) is 0 Å². The molecule has 0 fully saturated rings. The van der Waals surface area contributed by atoms with Crippen molar-refractivity contribution in [2.45, 2.75) is 33.2 Å². The van der Waals surface area contributed by atoms with E-state index in [9.17, 15) is 0 Å². The molecule has 2 rings (SSSR count). The Bertz CT molecular complexity index is 529. The van der Waals surface area contributed by atoms with Crippen molar-refractivity contribution in [2.75, 3.05) is 6.54 Å². The van der Waals surface area contributed by atoms with Crippen LogP contribution >= 0.6 is 11.6 Å². The predicted octanol–water partition coefficient (Wildman–Crippen LogP) is 3.84. The summed E-state index contributed by atoms with van der Waals surface area (Å²) < 4.78 is 2.31. The standard InChI is InChI=1S/C15H21ClN2/c1-11(2)6-8-18-10-12(5-7-17)14-4-3-13(16)9-15(14)18/h3-4,9-11H,5-8,17H2,1-2H3. The molecule has 1 heterocycles. The first-order valence-corrected chi connectivity index (χ1v) is 6.97. The Morgan fingerprint density at radius 3 is 2.78 bits per heavy atom. The maximum atomic E-state index is 6.10. The number of nitrogens with zero attached hydrogens (tertiary/aromatic N) is 1. The fourth-order valence-electron chi connectivity index (χ4n) is 2.28. The number of aryl methyl sites for hydroxylation is 1. The van der Waals surface area contributed by atoms with Crippen LogP contribution in [0.25, 0.3) is 10.9 Å². The Morgan fingerprint density at radius 1 is 1.33 bits per heavy atom. The minimum absolute atomic E-state index is 0.686. The van der Waals surface area contributed by atoms with Crippen LogP contribution in [0.1, 0.15) is 25.8 Å². The lowest BCUT2D eigenvalue weighted by Crippen LogP contribution is -2.02. The second-order valence-corrected chi connectivity index (χ2v) is 5.67. The molecular formula is C15H21ClN2. The molecular weight excluding hydrogens is 244 g/mol. The maximum absolute atomic E-state index is 6.10. The fourth-order valence-corrected chi connectivity index (χ4v) is 2.44. The quantitative estimate of drug-likeness (QED) is 0.874. The zero-order chi connectivity index (χ0) is 13.1. The van der Waals surface area contributed by atoms with Crippen LogP contribution < -0.4 is 5.73 Å². The molecule has 1 aromatic carbocycles. The fraction of sp³-hybridized carbons (Fsp3) is 0.467. The van der Waals surface area contributed by atoms with Crippen molar-refractivity contribution in [3.05, 3.63) is 35.0 Å². The number of rotatable bonds is 5. The van der Waals surface area contributed by atoms with Gasteiger partial charge >= 0.3 is 0 Å². The van der Waals surface area contributed by atoms with Crippen molar-refractivity contribution in [3.8, 4) is 0 Å². The third-order valence-corrected chi connectivity index (χ3v) is 3.52. The third-order valence-electron chi connectivity index (χ3n) is 3.29. The van der Waals surface area contributed by atoms with Gasteiger partial charge in [0.2, 0.25) is 0 Å². The summed E-state index contributed by atoms with van der Waals surface area (Å²) >= 11 is 6.10. The number of benzene rings is 1. The molecule has 0 aliphatic heterocycles. The molecule has 0 saturated heterocycles. The van der Waals surface area contributed by atoms with Gasteiger partial charge in [0.05, 0.1) is 0 Å². The molecule has 0 aliphatic carbocycles. The van der Waals surface area contributed by atoms with Crippen LogP contribution in [0, 0.1) is 5.92 Å². The number of hydrogen-bond acceptors (Lipinski definition) is 1. The molecule has 1 aromatic heterocycles. The van der Waals surface area contributed by atoms with Crippen LogP contribution in [0.4, 0.5) is 0 Å². The Morgan fingerprint density at radius 2 is 2.11 bits per heavy atom. The van der Waals surface area contributed by atoms with Crippen LogP contribution in [0.15, 0.2) is 24.4 Å². The first-order chi connectivity index (χ1) is 8.61. The highest BCUT2D eigenvalue weighted by atomic mass is 35.5. The lowest BCUT2D eigenvalue weighted by molar-refractivity contribution is 0.524. The van der Waals surface area contributed by atoms with Gasteiger partial charge in [-0.15, -0.1) is 0 Å². The molecule has 0 amide bonds. The molecule has 2 aromatic rings. The van der Waals surface area contributed by atoms with E-state index in [1.807, 2.05) is 6.07 Å². The summed E-state index contributed by atoms with van der Waals surface area (Å²) in [6, 6.07) is 6.11.